The van der Waals surface area contributed by atoms with Gasteiger partial charge in [0.15, 0.2) is 0 Å². The van der Waals surface area contributed by atoms with Gasteiger partial charge in [-0.25, -0.2) is 0 Å². The Balaban J connectivity index is 1.60. The lowest BCUT2D eigenvalue weighted by Gasteiger charge is -2.57. The van der Waals surface area contributed by atoms with Gasteiger partial charge in [0.05, 0.1) is 17.8 Å². The standard InChI is InChI=1S/C29H48O3/c1-17(19(3)27(4,5)32)26(31)18(2)23-10-11-24-22-9-8-20-16-21(30)12-14-28(20,6)25(22)13-15-29(23,24)7/h8,17,19,21-22,24-26,30-32H,9-16H2,1-7H3/b23-18+/t17-,19-,21-,22?,24?,25?,26+,28-,29+/m0/s1. The molecule has 32 heavy (non-hydrogen) atoms. The van der Waals surface area contributed by atoms with Crippen molar-refractivity contribution >= 4 is 0 Å². The molecule has 3 N–H and O–H groups in total. The van der Waals surface area contributed by atoms with Crippen molar-refractivity contribution in [3.05, 3.63) is 22.8 Å². The summed E-state index contributed by atoms with van der Waals surface area (Å²) in [6, 6.07) is 0. The molecule has 3 saturated carbocycles. The van der Waals surface area contributed by atoms with Crippen molar-refractivity contribution in [2.75, 3.05) is 0 Å². The van der Waals surface area contributed by atoms with Crippen LogP contribution in [0.25, 0.3) is 0 Å². The molecule has 0 aromatic carbocycles. The molecule has 0 aromatic rings. The van der Waals surface area contributed by atoms with E-state index >= 15 is 0 Å². The van der Waals surface area contributed by atoms with Crippen LogP contribution in [0.4, 0.5) is 0 Å². The Morgan fingerprint density at radius 3 is 2.34 bits per heavy atom. The number of hydrogen-bond acceptors (Lipinski definition) is 3. The predicted octanol–water partition coefficient (Wildman–Crippen LogP) is 6.03. The molecule has 3 heteroatoms. The van der Waals surface area contributed by atoms with E-state index in [0.717, 1.165) is 37.5 Å². The monoisotopic (exact) mass is 444 g/mol. The zero-order valence-corrected chi connectivity index (χ0v) is 21.6. The Morgan fingerprint density at radius 1 is 1.06 bits per heavy atom. The van der Waals surface area contributed by atoms with E-state index in [0.29, 0.717) is 5.92 Å². The van der Waals surface area contributed by atoms with Gasteiger partial charge in [0.25, 0.3) is 0 Å². The smallest absolute Gasteiger partial charge is 0.0779 e. The third kappa shape index (κ3) is 3.75. The number of hydrogen-bond donors (Lipinski definition) is 3. The molecule has 0 radical (unpaired) electrons. The maximum Gasteiger partial charge on any atom is 0.0779 e. The summed E-state index contributed by atoms with van der Waals surface area (Å²) >= 11 is 0. The fourth-order valence-electron chi connectivity index (χ4n) is 8.59. The van der Waals surface area contributed by atoms with Crippen LogP contribution in [0.15, 0.2) is 22.8 Å². The van der Waals surface area contributed by atoms with Crippen LogP contribution in [-0.2, 0) is 0 Å². The lowest BCUT2D eigenvalue weighted by molar-refractivity contribution is -0.0305. The van der Waals surface area contributed by atoms with Gasteiger partial charge in [-0.3, -0.25) is 0 Å². The van der Waals surface area contributed by atoms with E-state index in [1.54, 1.807) is 0 Å². The van der Waals surface area contributed by atoms with Gasteiger partial charge >= 0.3 is 0 Å². The van der Waals surface area contributed by atoms with Crippen molar-refractivity contribution in [1.82, 2.24) is 0 Å². The highest BCUT2D eigenvalue weighted by Crippen LogP contribution is 2.66. The molecule has 0 saturated heterocycles. The number of allylic oxidation sites excluding steroid dienone is 2. The third-order valence-electron chi connectivity index (χ3n) is 11.2. The van der Waals surface area contributed by atoms with Gasteiger partial charge in [0.1, 0.15) is 0 Å². The molecule has 0 spiro atoms. The summed E-state index contributed by atoms with van der Waals surface area (Å²) < 4.78 is 0. The van der Waals surface area contributed by atoms with Gasteiger partial charge in [-0.05, 0) is 118 Å². The van der Waals surface area contributed by atoms with Crippen LogP contribution in [0.3, 0.4) is 0 Å². The second kappa shape index (κ2) is 8.24. The molecule has 0 aromatic heterocycles. The minimum Gasteiger partial charge on any atom is -0.393 e. The van der Waals surface area contributed by atoms with Crippen LogP contribution < -0.4 is 0 Å². The van der Waals surface area contributed by atoms with Gasteiger partial charge in [-0.15, -0.1) is 0 Å². The lowest BCUT2D eigenvalue weighted by atomic mass is 9.47. The number of rotatable bonds is 4. The molecule has 3 unspecified atom stereocenters. The van der Waals surface area contributed by atoms with Crippen molar-refractivity contribution in [1.29, 1.82) is 0 Å². The van der Waals surface area contributed by atoms with E-state index in [1.165, 1.54) is 42.4 Å². The summed E-state index contributed by atoms with van der Waals surface area (Å²) in [5.41, 5.74) is 3.91. The molecule has 0 heterocycles. The largest absolute Gasteiger partial charge is 0.393 e. The quantitative estimate of drug-likeness (QED) is 0.464. The van der Waals surface area contributed by atoms with Gasteiger partial charge in [-0.2, -0.15) is 0 Å². The average molecular weight is 445 g/mol. The summed E-state index contributed by atoms with van der Waals surface area (Å²) in [7, 11) is 0. The van der Waals surface area contributed by atoms with Crippen molar-refractivity contribution < 1.29 is 15.3 Å². The molecule has 4 aliphatic rings. The fourth-order valence-corrected chi connectivity index (χ4v) is 8.59. The second-order valence-electron chi connectivity index (χ2n) is 13.1. The highest BCUT2D eigenvalue weighted by molar-refractivity contribution is 5.33. The lowest BCUT2D eigenvalue weighted by Crippen LogP contribution is -2.49. The fraction of sp³-hybridized carbons (Fsp3) is 0.862. The van der Waals surface area contributed by atoms with E-state index in [-0.39, 0.29) is 28.8 Å². The minimum atomic E-state index is -0.791. The van der Waals surface area contributed by atoms with Gasteiger partial charge < -0.3 is 15.3 Å². The van der Waals surface area contributed by atoms with Crippen molar-refractivity contribution in [3.8, 4) is 0 Å². The molecule has 0 amide bonds. The van der Waals surface area contributed by atoms with Crippen LogP contribution in [0.5, 0.6) is 0 Å². The topological polar surface area (TPSA) is 60.7 Å². The van der Waals surface area contributed by atoms with Crippen LogP contribution >= 0.6 is 0 Å². The molecule has 4 aliphatic carbocycles. The van der Waals surface area contributed by atoms with E-state index < -0.39 is 11.7 Å². The van der Waals surface area contributed by atoms with Crippen molar-refractivity contribution in [2.45, 2.75) is 118 Å². The molecule has 9 atom stereocenters. The molecule has 0 aliphatic heterocycles. The predicted molar refractivity (Wildman–Crippen MR) is 131 cm³/mol. The zero-order chi connectivity index (χ0) is 23.6. The van der Waals surface area contributed by atoms with Crippen LogP contribution in [0.2, 0.25) is 0 Å². The van der Waals surface area contributed by atoms with Gasteiger partial charge in [-0.1, -0.05) is 44.9 Å². The Bertz CT molecular complexity index is 789. The summed E-state index contributed by atoms with van der Waals surface area (Å²) in [4.78, 5) is 0. The van der Waals surface area contributed by atoms with E-state index in [1.807, 2.05) is 13.8 Å². The minimum absolute atomic E-state index is 0.0224. The normalized spacial score (nSPS) is 44.0. The zero-order valence-electron chi connectivity index (χ0n) is 21.6. The number of fused-ring (bicyclic) bond motifs is 5. The van der Waals surface area contributed by atoms with Gasteiger partial charge in [0, 0.05) is 0 Å². The maximum atomic E-state index is 11.3. The van der Waals surface area contributed by atoms with Crippen LogP contribution in [0, 0.1) is 40.4 Å². The Hall–Kier alpha value is -0.640. The first kappa shape index (κ1) is 24.5. The van der Waals surface area contributed by atoms with Gasteiger partial charge in [0.2, 0.25) is 0 Å². The van der Waals surface area contributed by atoms with Crippen LogP contribution in [0.1, 0.15) is 99.8 Å². The summed E-state index contributed by atoms with van der Waals surface area (Å²) in [6.45, 7) is 15.0. The Labute approximate surface area is 196 Å². The maximum absolute atomic E-state index is 11.3. The van der Waals surface area contributed by atoms with Crippen LogP contribution in [-0.4, -0.2) is 33.1 Å². The number of aliphatic hydroxyl groups is 3. The first-order valence-electron chi connectivity index (χ1n) is 13.3. The second-order valence-corrected chi connectivity index (χ2v) is 13.1. The molecular formula is C29H48O3. The molecule has 182 valence electrons. The SMILES string of the molecule is C/C(=C1/CCC2C3CC=C4C[C@@H](O)CC[C@]4(C)C3CC[C@]12C)[C@H](O)[C@@H](C)[C@H](C)C(C)(C)O. The van der Waals surface area contributed by atoms with E-state index in [2.05, 4.69) is 40.7 Å². The number of aliphatic hydroxyl groups excluding tert-OH is 2. The average Bonchev–Trinajstić information content (AvgIpc) is 3.08. The molecular weight excluding hydrogens is 396 g/mol. The highest BCUT2D eigenvalue weighted by Gasteiger charge is 2.57. The first-order valence-corrected chi connectivity index (χ1v) is 13.3. The van der Waals surface area contributed by atoms with Crippen molar-refractivity contribution in [3.63, 3.8) is 0 Å². The summed E-state index contributed by atoms with van der Waals surface area (Å²) in [5.74, 6) is 2.22. The summed E-state index contributed by atoms with van der Waals surface area (Å²) in [6.07, 6.45) is 10.9. The molecule has 0 bridgehead atoms. The van der Waals surface area contributed by atoms with Crippen molar-refractivity contribution in [2.24, 2.45) is 40.4 Å². The van der Waals surface area contributed by atoms with E-state index in [4.69, 9.17) is 0 Å². The third-order valence-corrected chi connectivity index (χ3v) is 11.2. The first-order chi connectivity index (χ1) is 14.8. The molecule has 3 fully saturated rings. The van der Waals surface area contributed by atoms with E-state index in [9.17, 15) is 15.3 Å². The Morgan fingerprint density at radius 2 is 1.69 bits per heavy atom. The Kier molecular flexibility index (Phi) is 6.30. The summed E-state index contributed by atoms with van der Waals surface area (Å²) in [5, 5.41) is 32.1. The highest BCUT2D eigenvalue weighted by atomic mass is 16.3. The molecule has 4 rings (SSSR count). The molecule has 3 nitrogen and oxygen atoms in total.